The lowest BCUT2D eigenvalue weighted by atomic mass is 10.1. The van der Waals surface area contributed by atoms with Gasteiger partial charge in [0, 0.05) is 17.3 Å². The molecule has 0 radical (unpaired) electrons. The average Bonchev–Trinajstić information content (AvgIpc) is 3.37. The molecular weight excluding hydrogens is 344 g/mol. The van der Waals surface area contributed by atoms with E-state index in [-0.39, 0.29) is 23.1 Å². The van der Waals surface area contributed by atoms with Gasteiger partial charge in [0.1, 0.15) is 5.37 Å². The number of hydrogen-bond acceptors (Lipinski definition) is 3. The van der Waals surface area contributed by atoms with Crippen molar-refractivity contribution in [3.8, 4) is 0 Å². The van der Waals surface area contributed by atoms with E-state index < -0.39 is 0 Å². The van der Waals surface area contributed by atoms with E-state index in [9.17, 15) is 9.59 Å². The molecule has 1 N–H and O–H groups in total. The van der Waals surface area contributed by atoms with Crippen molar-refractivity contribution in [3.05, 3.63) is 59.2 Å². The van der Waals surface area contributed by atoms with Gasteiger partial charge in [-0.2, -0.15) is 0 Å². The normalized spacial score (nSPS) is 19.7. The van der Waals surface area contributed by atoms with Crippen molar-refractivity contribution in [2.75, 3.05) is 16.0 Å². The lowest BCUT2D eigenvalue weighted by Gasteiger charge is -2.25. The Morgan fingerprint density at radius 2 is 1.85 bits per heavy atom. The Morgan fingerprint density at radius 1 is 1.12 bits per heavy atom. The summed E-state index contributed by atoms with van der Waals surface area (Å²) in [7, 11) is 0. The topological polar surface area (TPSA) is 49.4 Å². The molecule has 0 unspecified atom stereocenters. The van der Waals surface area contributed by atoms with E-state index in [1.807, 2.05) is 43.0 Å². The van der Waals surface area contributed by atoms with Crippen molar-refractivity contribution >= 4 is 35.0 Å². The van der Waals surface area contributed by atoms with Crippen molar-refractivity contribution in [1.82, 2.24) is 0 Å². The second-order valence-electron chi connectivity index (χ2n) is 7.16. The fraction of sp³-hybridized carbons (Fsp3) is 0.333. The predicted octanol–water partition coefficient (Wildman–Crippen LogP) is 4.43. The number of thioether (sulfide) groups is 1. The lowest BCUT2D eigenvalue weighted by Crippen LogP contribution is -2.28. The lowest BCUT2D eigenvalue weighted by molar-refractivity contribution is -0.117. The SMILES string of the molecule is Cc1cc(C)cc(N2C(=O)CS[C@@H]2c2cccc(NC(=O)C3CC3)c2)c1. The molecule has 5 heteroatoms. The molecule has 0 aromatic heterocycles. The molecule has 26 heavy (non-hydrogen) atoms. The van der Waals surface area contributed by atoms with E-state index in [1.165, 1.54) is 0 Å². The highest BCUT2D eigenvalue weighted by Gasteiger charge is 2.34. The molecule has 2 fully saturated rings. The van der Waals surface area contributed by atoms with Gasteiger partial charge < -0.3 is 5.32 Å². The minimum Gasteiger partial charge on any atom is -0.326 e. The number of anilines is 2. The standard InChI is InChI=1S/C21H22N2O2S/c1-13-8-14(2)10-18(9-13)23-19(24)12-26-21(23)16-4-3-5-17(11-16)22-20(25)15-6-7-15/h3-5,8-11,15,21H,6-7,12H2,1-2H3,(H,22,25)/t21-/m1/s1. The Kier molecular flexibility index (Phi) is 4.49. The van der Waals surface area contributed by atoms with E-state index in [0.717, 1.165) is 40.9 Å². The fourth-order valence-corrected chi connectivity index (χ4v) is 4.57. The molecule has 0 bridgehead atoms. The van der Waals surface area contributed by atoms with Crippen LogP contribution in [0.4, 0.5) is 11.4 Å². The zero-order valence-corrected chi connectivity index (χ0v) is 15.8. The van der Waals surface area contributed by atoms with Crippen LogP contribution in [0, 0.1) is 19.8 Å². The molecule has 2 aromatic carbocycles. The van der Waals surface area contributed by atoms with Gasteiger partial charge in [-0.3, -0.25) is 14.5 Å². The Hall–Kier alpha value is -2.27. The monoisotopic (exact) mass is 366 g/mol. The molecule has 2 amide bonds. The van der Waals surface area contributed by atoms with Gasteiger partial charge in [0.15, 0.2) is 0 Å². The Labute approximate surface area is 158 Å². The molecule has 0 spiro atoms. The van der Waals surface area contributed by atoms with Crippen LogP contribution in [0.1, 0.15) is 34.9 Å². The molecule has 1 aliphatic carbocycles. The number of carbonyl (C=O) groups is 2. The third-order valence-corrected chi connectivity index (χ3v) is 5.95. The van der Waals surface area contributed by atoms with Crippen LogP contribution in [-0.4, -0.2) is 17.6 Å². The zero-order valence-electron chi connectivity index (χ0n) is 15.0. The number of rotatable bonds is 4. The summed E-state index contributed by atoms with van der Waals surface area (Å²) in [6, 6.07) is 14.1. The van der Waals surface area contributed by atoms with Gasteiger partial charge in [-0.15, -0.1) is 11.8 Å². The van der Waals surface area contributed by atoms with Crippen LogP contribution in [0.25, 0.3) is 0 Å². The van der Waals surface area contributed by atoms with Crippen LogP contribution in [0.15, 0.2) is 42.5 Å². The van der Waals surface area contributed by atoms with E-state index >= 15 is 0 Å². The van der Waals surface area contributed by atoms with Gasteiger partial charge >= 0.3 is 0 Å². The minimum absolute atomic E-state index is 0.0681. The van der Waals surface area contributed by atoms with Crippen molar-refractivity contribution in [2.24, 2.45) is 5.92 Å². The van der Waals surface area contributed by atoms with E-state index in [0.29, 0.717) is 5.75 Å². The first-order chi connectivity index (χ1) is 12.5. The van der Waals surface area contributed by atoms with Gasteiger partial charge in [-0.25, -0.2) is 0 Å². The van der Waals surface area contributed by atoms with Crippen molar-refractivity contribution in [2.45, 2.75) is 32.1 Å². The summed E-state index contributed by atoms with van der Waals surface area (Å²) in [5, 5.41) is 2.93. The first-order valence-electron chi connectivity index (χ1n) is 8.94. The number of benzene rings is 2. The largest absolute Gasteiger partial charge is 0.326 e. The summed E-state index contributed by atoms with van der Waals surface area (Å²) in [6.45, 7) is 4.10. The number of amides is 2. The second-order valence-corrected chi connectivity index (χ2v) is 8.23. The van der Waals surface area contributed by atoms with Crippen LogP contribution in [0.3, 0.4) is 0 Å². The maximum atomic E-state index is 12.6. The summed E-state index contributed by atoms with van der Waals surface area (Å²) in [6.07, 6.45) is 1.97. The van der Waals surface area contributed by atoms with Gasteiger partial charge in [0.05, 0.1) is 5.75 Å². The number of nitrogens with zero attached hydrogens (tertiary/aromatic N) is 1. The molecule has 2 aromatic rings. The summed E-state index contributed by atoms with van der Waals surface area (Å²) in [5.74, 6) is 0.866. The summed E-state index contributed by atoms with van der Waals surface area (Å²) < 4.78 is 0. The van der Waals surface area contributed by atoms with Gasteiger partial charge in [0.2, 0.25) is 11.8 Å². The maximum Gasteiger partial charge on any atom is 0.238 e. The molecule has 134 valence electrons. The Morgan fingerprint density at radius 3 is 2.54 bits per heavy atom. The fourth-order valence-electron chi connectivity index (χ4n) is 3.40. The minimum atomic E-state index is -0.0681. The summed E-state index contributed by atoms with van der Waals surface area (Å²) in [5.41, 5.74) is 5.08. The quantitative estimate of drug-likeness (QED) is 0.871. The number of nitrogens with one attached hydrogen (secondary N) is 1. The molecule has 1 saturated carbocycles. The van der Waals surface area contributed by atoms with Crippen molar-refractivity contribution in [1.29, 1.82) is 0 Å². The van der Waals surface area contributed by atoms with E-state index in [1.54, 1.807) is 11.8 Å². The van der Waals surface area contributed by atoms with E-state index in [2.05, 4.69) is 23.5 Å². The molecule has 1 atom stereocenters. The zero-order chi connectivity index (χ0) is 18.3. The van der Waals surface area contributed by atoms with Gasteiger partial charge in [-0.05, 0) is 67.6 Å². The second kappa shape index (κ2) is 6.80. The average molecular weight is 366 g/mol. The van der Waals surface area contributed by atoms with Crippen molar-refractivity contribution in [3.63, 3.8) is 0 Å². The highest BCUT2D eigenvalue weighted by atomic mass is 32.2. The molecule has 4 nitrogen and oxygen atoms in total. The van der Waals surface area contributed by atoms with Crippen LogP contribution in [0.5, 0.6) is 0 Å². The third kappa shape index (κ3) is 3.49. The molecule has 1 aliphatic heterocycles. The highest BCUT2D eigenvalue weighted by Crippen LogP contribution is 2.42. The predicted molar refractivity (Wildman–Crippen MR) is 106 cm³/mol. The van der Waals surface area contributed by atoms with Crippen LogP contribution in [0.2, 0.25) is 0 Å². The first kappa shape index (κ1) is 17.2. The van der Waals surface area contributed by atoms with E-state index in [4.69, 9.17) is 0 Å². The summed E-state index contributed by atoms with van der Waals surface area (Å²) >= 11 is 1.63. The third-order valence-electron chi connectivity index (χ3n) is 4.74. The smallest absolute Gasteiger partial charge is 0.238 e. The molecule has 4 rings (SSSR count). The highest BCUT2D eigenvalue weighted by molar-refractivity contribution is 8.00. The van der Waals surface area contributed by atoms with Gasteiger partial charge in [0.25, 0.3) is 0 Å². The van der Waals surface area contributed by atoms with Gasteiger partial charge in [-0.1, -0.05) is 18.2 Å². The number of aryl methyl sites for hydroxylation is 2. The molecular formula is C21H22N2O2S. The Balaban J connectivity index is 1.63. The first-order valence-corrected chi connectivity index (χ1v) is 9.99. The van der Waals surface area contributed by atoms with Crippen LogP contribution >= 0.6 is 11.8 Å². The van der Waals surface area contributed by atoms with Crippen LogP contribution < -0.4 is 10.2 Å². The Bertz CT molecular complexity index is 856. The molecule has 2 aliphatic rings. The molecule has 1 saturated heterocycles. The maximum absolute atomic E-state index is 12.6. The van der Waals surface area contributed by atoms with Crippen molar-refractivity contribution < 1.29 is 9.59 Å². The summed E-state index contributed by atoms with van der Waals surface area (Å²) in [4.78, 5) is 26.5. The molecule has 1 heterocycles. The van der Waals surface area contributed by atoms with Crippen LogP contribution in [-0.2, 0) is 9.59 Å². The number of carbonyl (C=O) groups excluding carboxylic acids is 2. The number of hydrogen-bond donors (Lipinski definition) is 1.